The Morgan fingerprint density at radius 1 is 1.10 bits per heavy atom. The number of aliphatic hydroxyl groups excluding tert-OH is 1. The lowest BCUT2D eigenvalue weighted by atomic mass is 9.90. The summed E-state index contributed by atoms with van der Waals surface area (Å²) in [7, 11) is 3.04. The van der Waals surface area contributed by atoms with Gasteiger partial charge in [0.1, 0.15) is 17.1 Å². The molecule has 3 N–H and O–H groups in total. The van der Waals surface area contributed by atoms with Gasteiger partial charge in [-0.05, 0) is 72.4 Å². The molecule has 0 unspecified atom stereocenters. The molecule has 8 nitrogen and oxygen atoms in total. The zero-order valence-electron chi connectivity index (χ0n) is 23.2. The zero-order chi connectivity index (χ0) is 29.0. The van der Waals surface area contributed by atoms with Crippen molar-refractivity contribution in [3.63, 3.8) is 0 Å². The molecule has 0 aliphatic heterocycles. The fourth-order valence-corrected chi connectivity index (χ4v) is 4.62. The van der Waals surface area contributed by atoms with Crippen LogP contribution in [0.5, 0.6) is 5.75 Å². The van der Waals surface area contributed by atoms with Crippen molar-refractivity contribution in [2.75, 3.05) is 19.0 Å². The van der Waals surface area contributed by atoms with Crippen LogP contribution in [0.2, 0.25) is 0 Å². The number of aliphatic hydroxyl groups is 1. The number of aromatic nitrogens is 2. The highest BCUT2D eigenvalue weighted by molar-refractivity contribution is 6.04. The summed E-state index contributed by atoms with van der Waals surface area (Å²) in [6, 6.07) is 14.5. The van der Waals surface area contributed by atoms with Gasteiger partial charge in [-0.25, -0.2) is 9.37 Å². The van der Waals surface area contributed by atoms with E-state index in [2.05, 4.69) is 15.6 Å². The number of nitrogens with one attached hydrogen (secondary N) is 2. The van der Waals surface area contributed by atoms with Crippen molar-refractivity contribution in [1.29, 1.82) is 0 Å². The van der Waals surface area contributed by atoms with E-state index in [0.29, 0.717) is 22.6 Å². The molecule has 1 aromatic heterocycles. The third-order valence-corrected chi connectivity index (χ3v) is 7.03. The smallest absolute Gasteiger partial charge is 0.265 e. The van der Waals surface area contributed by atoms with Crippen LogP contribution >= 0.6 is 0 Å². The number of halogens is 1. The Morgan fingerprint density at radius 2 is 1.77 bits per heavy atom. The number of amides is 1. The summed E-state index contributed by atoms with van der Waals surface area (Å²) in [5, 5.41) is 15.2. The standard InChI is InChI=1S/C31H33FN4O4/c1-18(16-37)34-15-25-27(32)12-21(13-29(25)40-5)22-8-6-9-23(19(22)2)24-10-7-11-28(20(24)3)35-30(38)26-14-33-17-36(4)31(26)39/h6-14,17-18,34,37H,15-16H2,1-5H3,(H,35,38)/t18-/m1/s1. The van der Waals surface area contributed by atoms with Gasteiger partial charge < -0.3 is 25.0 Å². The van der Waals surface area contributed by atoms with Crippen molar-refractivity contribution in [3.05, 3.63) is 99.5 Å². The summed E-state index contributed by atoms with van der Waals surface area (Å²) in [5.41, 5.74) is 5.55. The topological polar surface area (TPSA) is 105 Å². The van der Waals surface area contributed by atoms with Crippen molar-refractivity contribution in [2.45, 2.75) is 33.4 Å². The number of carbonyl (C=O) groups is 1. The molecule has 9 heteroatoms. The Morgan fingerprint density at radius 3 is 2.48 bits per heavy atom. The molecule has 40 heavy (non-hydrogen) atoms. The first-order valence-corrected chi connectivity index (χ1v) is 12.9. The lowest BCUT2D eigenvalue weighted by molar-refractivity contribution is 0.102. The number of benzene rings is 3. The van der Waals surface area contributed by atoms with Gasteiger partial charge in [0.05, 0.1) is 20.0 Å². The number of hydrogen-bond acceptors (Lipinski definition) is 6. The first-order chi connectivity index (χ1) is 19.2. The summed E-state index contributed by atoms with van der Waals surface area (Å²) >= 11 is 0. The summed E-state index contributed by atoms with van der Waals surface area (Å²) < 4.78 is 22.0. The van der Waals surface area contributed by atoms with Crippen LogP contribution in [0.3, 0.4) is 0 Å². The molecule has 0 fully saturated rings. The van der Waals surface area contributed by atoms with Gasteiger partial charge in [-0.2, -0.15) is 0 Å². The van der Waals surface area contributed by atoms with Crippen molar-refractivity contribution in [2.24, 2.45) is 7.05 Å². The fraction of sp³-hybridized carbons (Fsp3) is 0.258. The highest BCUT2D eigenvalue weighted by Gasteiger charge is 2.18. The Labute approximate surface area is 232 Å². The van der Waals surface area contributed by atoms with Crippen molar-refractivity contribution < 1.29 is 19.0 Å². The van der Waals surface area contributed by atoms with Gasteiger partial charge in [-0.1, -0.05) is 30.3 Å². The van der Waals surface area contributed by atoms with Crippen LogP contribution in [-0.4, -0.2) is 40.3 Å². The van der Waals surface area contributed by atoms with Gasteiger partial charge in [-0.3, -0.25) is 9.59 Å². The highest BCUT2D eigenvalue weighted by Crippen LogP contribution is 2.37. The average Bonchev–Trinajstić information content (AvgIpc) is 2.94. The largest absolute Gasteiger partial charge is 0.496 e. The number of carbonyl (C=O) groups excluding carboxylic acids is 1. The summed E-state index contributed by atoms with van der Waals surface area (Å²) in [6.07, 6.45) is 2.61. The van der Waals surface area contributed by atoms with E-state index in [-0.39, 0.29) is 24.8 Å². The number of aryl methyl sites for hydroxylation is 1. The number of hydrogen-bond donors (Lipinski definition) is 3. The maximum Gasteiger partial charge on any atom is 0.265 e. The first kappa shape index (κ1) is 28.7. The quantitative estimate of drug-likeness (QED) is 0.284. The van der Waals surface area contributed by atoms with E-state index in [1.807, 2.05) is 57.2 Å². The SMILES string of the molecule is COc1cc(-c2cccc(-c3cccc(NC(=O)c4cncn(C)c4=O)c3C)c2C)cc(F)c1CN[C@H](C)CO. The van der Waals surface area contributed by atoms with Crippen molar-refractivity contribution in [1.82, 2.24) is 14.9 Å². The molecule has 0 saturated heterocycles. The van der Waals surface area contributed by atoms with Gasteiger partial charge in [0, 0.05) is 37.1 Å². The minimum atomic E-state index is -0.537. The lowest BCUT2D eigenvalue weighted by Crippen LogP contribution is -2.29. The molecule has 1 atom stereocenters. The van der Waals surface area contributed by atoms with Crippen LogP contribution in [0.1, 0.15) is 34.0 Å². The molecule has 0 bridgehead atoms. The third-order valence-electron chi connectivity index (χ3n) is 7.03. The van der Waals surface area contributed by atoms with Crippen LogP contribution in [0.25, 0.3) is 22.3 Å². The Kier molecular flexibility index (Phi) is 8.77. The highest BCUT2D eigenvalue weighted by atomic mass is 19.1. The van der Waals surface area contributed by atoms with Gasteiger partial charge in [0.25, 0.3) is 11.5 Å². The molecule has 3 aromatic carbocycles. The second kappa shape index (κ2) is 12.2. The molecular formula is C31H33FN4O4. The minimum Gasteiger partial charge on any atom is -0.496 e. The lowest BCUT2D eigenvalue weighted by Gasteiger charge is -2.18. The zero-order valence-corrected chi connectivity index (χ0v) is 23.2. The van der Waals surface area contributed by atoms with Crippen molar-refractivity contribution in [3.8, 4) is 28.0 Å². The molecule has 4 aromatic rings. The van der Waals surface area contributed by atoms with E-state index in [1.165, 1.54) is 37.3 Å². The molecule has 208 valence electrons. The van der Waals surface area contributed by atoms with E-state index in [0.717, 1.165) is 27.8 Å². The second-order valence-corrected chi connectivity index (χ2v) is 9.74. The number of rotatable bonds is 9. The summed E-state index contributed by atoms with van der Waals surface area (Å²) in [6.45, 7) is 5.85. The molecule has 0 spiro atoms. The van der Waals surface area contributed by atoms with E-state index >= 15 is 4.39 Å². The Bertz CT molecular complexity index is 1620. The molecule has 1 amide bonds. The van der Waals surface area contributed by atoms with E-state index in [4.69, 9.17) is 4.74 Å². The van der Waals surface area contributed by atoms with E-state index in [9.17, 15) is 14.7 Å². The fourth-order valence-electron chi connectivity index (χ4n) is 4.62. The predicted octanol–water partition coefficient (Wildman–Crippen LogP) is 4.60. The molecule has 0 aliphatic rings. The Hall–Kier alpha value is -4.34. The number of ether oxygens (including phenoxy) is 1. The van der Waals surface area contributed by atoms with Gasteiger partial charge in [0.2, 0.25) is 0 Å². The van der Waals surface area contributed by atoms with Crippen LogP contribution in [0, 0.1) is 19.7 Å². The second-order valence-electron chi connectivity index (χ2n) is 9.74. The number of methoxy groups -OCH3 is 1. The number of anilines is 1. The van der Waals surface area contributed by atoms with Crippen LogP contribution in [0.4, 0.5) is 10.1 Å². The van der Waals surface area contributed by atoms with Crippen LogP contribution in [0.15, 0.2) is 65.8 Å². The molecule has 0 aliphatic carbocycles. The number of nitrogens with zero attached hydrogens (tertiary/aromatic N) is 2. The van der Waals surface area contributed by atoms with E-state index in [1.54, 1.807) is 6.07 Å². The monoisotopic (exact) mass is 544 g/mol. The molecule has 1 heterocycles. The van der Waals surface area contributed by atoms with Gasteiger partial charge >= 0.3 is 0 Å². The van der Waals surface area contributed by atoms with Gasteiger partial charge in [-0.15, -0.1) is 0 Å². The minimum absolute atomic E-state index is 0.0478. The third kappa shape index (κ3) is 5.80. The maximum absolute atomic E-state index is 15.3. The predicted molar refractivity (Wildman–Crippen MR) is 154 cm³/mol. The summed E-state index contributed by atoms with van der Waals surface area (Å²) in [5.74, 6) is -0.524. The Balaban J connectivity index is 1.70. The van der Waals surface area contributed by atoms with Gasteiger partial charge in [0.15, 0.2) is 0 Å². The average molecular weight is 545 g/mol. The normalized spacial score (nSPS) is 11.8. The molecule has 0 radical (unpaired) electrons. The van der Waals surface area contributed by atoms with E-state index < -0.39 is 17.3 Å². The van der Waals surface area contributed by atoms with Crippen molar-refractivity contribution >= 4 is 11.6 Å². The summed E-state index contributed by atoms with van der Waals surface area (Å²) in [4.78, 5) is 29.2. The first-order valence-electron chi connectivity index (χ1n) is 12.9. The molecule has 0 saturated carbocycles. The molecule has 4 rings (SSSR count). The van der Waals surface area contributed by atoms with Crippen LogP contribution in [-0.2, 0) is 13.6 Å². The molecular weight excluding hydrogens is 511 g/mol. The maximum atomic E-state index is 15.3. The van der Waals surface area contributed by atoms with Crippen LogP contribution < -0.4 is 20.9 Å².